The molecule has 0 saturated carbocycles. The van der Waals surface area contributed by atoms with E-state index in [4.69, 9.17) is 28.9 Å². The van der Waals surface area contributed by atoms with Gasteiger partial charge >= 0.3 is 0 Å². The van der Waals surface area contributed by atoms with Crippen molar-refractivity contribution in [3.8, 4) is 0 Å². The highest BCUT2D eigenvalue weighted by atomic mass is 35.5. The zero-order valence-corrected chi connectivity index (χ0v) is 12.4. The molecule has 0 aromatic heterocycles. The van der Waals surface area contributed by atoms with E-state index in [0.29, 0.717) is 15.6 Å². The zero-order chi connectivity index (χ0) is 15.6. The first-order chi connectivity index (χ1) is 9.93. The fourth-order valence-corrected chi connectivity index (χ4v) is 2.73. The molecule has 2 atom stereocenters. The summed E-state index contributed by atoms with van der Waals surface area (Å²) in [5, 5.41) is 11.1. The van der Waals surface area contributed by atoms with Crippen molar-refractivity contribution in [2.75, 3.05) is 6.54 Å². The molecule has 0 bridgehead atoms. The third-order valence-electron chi connectivity index (χ3n) is 3.28. The Hall–Kier alpha value is -1.20. The van der Waals surface area contributed by atoms with E-state index in [9.17, 15) is 13.9 Å². The van der Waals surface area contributed by atoms with E-state index in [0.717, 1.165) is 12.1 Å². The summed E-state index contributed by atoms with van der Waals surface area (Å²) in [7, 11) is 0. The molecule has 0 aliphatic carbocycles. The molecule has 2 aromatic carbocycles. The molecule has 3 N–H and O–H groups in total. The predicted molar refractivity (Wildman–Crippen MR) is 79.6 cm³/mol. The van der Waals surface area contributed by atoms with Crippen LogP contribution in [0.2, 0.25) is 10.0 Å². The molecule has 0 spiro atoms. The monoisotopic (exact) mass is 331 g/mol. The number of aliphatic hydroxyl groups is 1. The minimum Gasteiger partial charge on any atom is -0.388 e. The highest BCUT2D eigenvalue weighted by Gasteiger charge is 2.26. The van der Waals surface area contributed by atoms with E-state index in [1.807, 2.05) is 0 Å². The van der Waals surface area contributed by atoms with Gasteiger partial charge in [0.25, 0.3) is 0 Å². The lowest BCUT2D eigenvalue weighted by Crippen LogP contribution is -2.21. The minimum atomic E-state index is -1.24. The van der Waals surface area contributed by atoms with Crippen molar-refractivity contribution in [3.63, 3.8) is 0 Å². The Morgan fingerprint density at radius 2 is 1.71 bits per heavy atom. The SMILES string of the molecule is NCC(c1ccc(Cl)cc1Cl)C(O)c1ccc(F)cc1F. The topological polar surface area (TPSA) is 46.2 Å². The van der Waals surface area contributed by atoms with E-state index in [2.05, 4.69) is 0 Å². The van der Waals surface area contributed by atoms with Gasteiger partial charge in [-0.1, -0.05) is 35.3 Å². The Morgan fingerprint density at radius 1 is 1.05 bits per heavy atom. The second kappa shape index (κ2) is 6.71. The summed E-state index contributed by atoms with van der Waals surface area (Å²) in [6.45, 7) is 0.0410. The molecule has 0 aliphatic heterocycles. The summed E-state index contributed by atoms with van der Waals surface area (Å²) >= 11 is 11.9. The summed E-state index contributed by atoms with van der Waals surface area (Å²) in [6.07, 6.45) is -1.24. The minimum absolute atomic E-state index is 0.0298. The summed E-state index contributed by atoms with van der Waals surface area (Å²) in [5.74, 6) is -2.17. The van der Waals surface area contributed by atoms with Gasteiger partial charge < -0.3 is 10.8 Å². The van der Waals surface area contributed by atoms with Crippen LogP contribution in [-0.4, -0.2) is 11.7 Å². The normalized spacial score (nSPS) is 14.0. The number of benzene rings is 2. The molecule has 112 valence electrons. The van der Waals surface area contributed by atoms with Gasteiger partial charge in [0.2, 0.25) is 0 Å². The Morgan fingerprint density at radius 3 is 2.29 bits per heavy atom. The van der Waals surface area contributed by atoms with Gasteiger partial charge in [-0.05, 0) is 23.8 Å². The smallest absolute Gasteiger partial charge is 0.131 e. The van der Waals surface area contributed by atoms with Gasteiger partial charge in [-0.25, -0.2) is 8.78 Å². The third kappa shape index (κ3) is 3.52. The summed E-state index contributed by atoms with van der Waals surface area (Å²) in [5.41, 5.74) is 6.21. The molecular weight excluding hydrogens is 319 g/mol. The quantitative estimate of drug-likeness (QED) is 0.887. The van der Waals surface area contributed by atoms with Gasteiger partial charge in [-0.15, -0.1) is 0 Å². The molecule has 21 heavy (non-hydrogen) atoms. The fraction of sp³-hybridized carbons (Fsp3) is 0.200. The molecule has 2 nitrogen and oxygen atoms in total. The summed E-state index contributed by atoms with van der Waals surface area (Å²) in [4.78, 5) is 0. The van der Waals surface area contributed by atoms with Crippen molar-refractivity contribution in [2.45, 2.75) is 12.0 Å². The van der Waals surface area contributed by atoms with Gasteiger partial charge in [0.05, 0.1) is 6.10 Å². The van der Waals surface area contributed by atoms with E-state index in [-0.39, 0.29) is 12.1 Å². The molecule has 0 radical (unpaired) electrons. The van der Waals surface area contributed by atoms with Crippen molar-refractivity contribution in [1.29, 1.82) is 0 Å². The number of halogens is 4. The summed E-state index contributed by atoms with van der Waals surface area (Å²) < 4.78 is 26.7. The van der Waals surface area contributed by atoms with Crippen molar-refractivity contribution >= 4 is 23.2 Å². The first kappa shape index (κ1) is 16.2. The largest absolute Gasteiger partial charge is 0.388 e. The number of hydrogen-bond donors (Lipinski definition) is 2. The molecule has 2 rings (SSSR count). The molecule has 0 saturated heterocycles. The molecule has 0 amide bonds. The molecule has 0 heterocycles. The summed E-state index contributed by atoms with van der Waals surface area (Å²) in [6, 6.07) is 7.76. The maximum atomic E-state index is 13.8. The van der Waals surface area contributed by atoms with Crippen molar-refractivity contribution < 1.29 is 13.9 Å². The standard InChI is InChI=1S/C15H13Cl2F2NO/c16-8-1-3-10(13(17)5-8)12(7-20)15(21)11-4-2-9(18)6-14(11)19/h1-6,12,15,21H,7,20H2. The van der Waals surface area contributed by atoms with Crippen LogP contribution >= 0.6 is 23.2 Å². The molecule has 0 fully saturated rings. The lowest BCUT2D eigenvalue weighted by molar-refractivity contribution is 0.143. The lowest BCUT2D eigenvalue weighted by Gasteiger charge is -2.23. The Kier molecular flexibility index (Phi) is 5.17. The number of aliphatic hydroxyl groups excluding tert-OH is 1. The Balaban J connectivity index is 2.40. The second-order valence-corrected chi connectivity index (χ2v) is 5.46. The van der Waals surface area contributed by atoms with Crippen LogP contribution in [0.3, 0.4) is 0 Å². The van der Waals surface area contributed by atoms with E-state index in [1.165, 1.54) is 12.1 Å². The van der Waals surface area contributed by atoms with Crippen LogP contribution in [-0.2, 0) is 0 Å². The maximum absolute atomic E-state index is 13.8. The van der Waals surface area contributed by atoms with Crippen LogP contribution in [0.25, 0.3) is 0 Å². The van der Waals surface area contributed by atoms with Crippen molar-refractivity contribution in [2.24, 2.45) is 5.73 Å². The van der Waals surface area contributed by atoms with Crippen molar-refractivity contribution in [1.82, 2.24) is 0 Å². The first-order valence-electron chi connectivity index (χ1n) is 6.22. The van der Waals surface area contributed by atoms with E-state index in [1.54, 1.807) is 12.1 Å². The molecule has 2 aromatic rings. The van der Waals surface area contributed by atoms with Crippen LogP contribution in [0, 0.1) is 11.6 Å². The van der Waals surface area contributed by atoms with E-state index < -0.39 is 23.7 Å². The highest BCUT2D eigenvalue weighted by molar-refractivity contribution is 6.35. The highest BCUT2D eigenvalue weighted by Crippen LogP contribution is 2.36. The van der Waals surface area contributed by atoms with E-state index >= 15 is 0 Å². The molecule has 6 heteroatoms. The molecular formula is C15H13Cl2F2NO. The van der Waals surface area contributed by atoms with Crippen LogP contribution in [0.15, 0.2) is 36.4 Å². The number of hydrogen-bond acceptors (Lipinski definition) is 2. The zero-order valence-electron chi connectivity index (χ0n) is 10.9. The van der Waals surface area contributed by atoms with Crippen LogP contribution in [0.5, 0.6) is 0 Å². The predicted octanol–water partition coefficient (Wildman–Crippen LogP) is 4.05. The average molecular weight is 332 g/mol. The third-order valence-corrected chi connectivity index (χ3v) is 3.84. The fourth-order valence-electron chi connectivity index (χ4n) is 2.19. The van der Waals surface area contributed by atoms with Crippen molar-refractivity contribution in [3.05, 3.63) is 69.2 Å². The molecule has 0 aliphatic rings. The van der Waals surface area contributed by atoms with Gasteiger partial charge in [-0.2, -0.15) is 0 Å². The van der Waals surface area contributed by atoms with Gasteiger partial charge in [0.15, 0.2) is 0 Å². The Labute approximate surface area is 131 Å². The van der Waals surface area contributed by atoms with Gasteiger partial charge in [-0.3, -0.25) is 0 Å². The number of nitrogens with two attached hydrogens (primary N) is 1. The van der Waals surface area contributed by atoms with Gasteiger partial charge in [0, 0.05) is 34.1 Å². The van der Waals surface area contributed by atoms with Gasteiger partial charge in [0.1, 0.15) is 11.6 Å². The Bertz CT molecular complexity index is 652. The molecule has 2 unspecified atom stereocenters. The van der Waals surface area contributed by atoms with Crippen LogP contribution in [0.4, 0.5) is 8.78 Å². The second-order valence-electron chi connectivity index (χ2n) is 4.62. The van der Waals surface area contributed by atoms with Crippen LogP contribution < -0.4 is 5.73 Å². The van der Waals surface area contributed by atoms with Crippen LogP contribution in [0.1, 0.15) is 23.1 Å². The maximum Gasteiger partial charge on any atom is 0.131 e. The first-order valence-corrected chi connectivity index (χ1v) is 6.97. The average Bonchev–Trinajstić information content (AvgIpc) is 2.41. The number of rotatable bonds is 4. The lowest BCUT2D eigenvalue weighted by atomic mass is 9.89.